The van der Waals surface area contributed by atoms with Gasteiger partial charge in [0.05, 0.1) is 0 Å². The summed E-state index contributed by atoms with van der Waals surface area (Å²) in [5.41, 5.74) is 3.89. The van der Waals surface area contributed by atoms with Crippen LogP contribution in [0.25, 0.3) is 0 Å². The molecule has 0 atom stereocenters. The smallest absolute Gasteiger partial charge is 0.129 e. The summed E-state index contributed by atoms with van der Waals surface area (Å²) in [7, 11) is 0. The minimum absolute atomic E-state index is 0.107. The first-order valence-electron chi connectivity index (χ1n) is 8.29. The van der Waals surface area contributed by atoms with Crippen LogP contribution >= 0.6 is 0 Å². The highest BCUT2D eigenvalue weighted by Crippen LogP contribution is 2.36. The van der Waals surface area contributed by atoms with Crippen molar-refractivity contribution in [2.24, 2.45) is 0 Å². The van der Waals surface area contributed by atoms with Crippen LogP contribution in [-0.4, -0.2) is 29.7 Å². The van der Waals surface area contributed by atoms with Gasteiger partial charge < -0.3 is 10.1 Å². The van der Waals surface area contributed by atoms with Crippen molar-refractivity contribution in [2.45, 2.75) is 39.0 Å². The SMILES string of the molecule is Cc1cc(NCC2(c3ccccc3C)CCOCC2)nc(C)n1. The van der Waals surface area contributed by atoms with E-state index in [4.69, 9.17) is 4.74 Å². The van der Waals surface area contributed by atoms with Crippen LogP contribution in [0.4, 0.5) is 5.82 Å². The summed E-state index contributed by atoms with van der Waals surface area (Å²) >= 11 is 0. The van der Waals surface area contributed by atoms with E-state index in [1.165, 1.54) is 11.1 Å². The zero-order chi connectivity index (χ0) is 16.3. The molecule has 1 fully saturated rings. The van der Waals surface area contributed by atoms with Crippen LogP contribution in [0.15, 0.2) is 30.3 Å². The first kappa shape index (κ1) is 15.9. The molecule has 0 amide bonds. The molecule has 1 N–H and O–H groups in total. The molecule has 122 valence electrons. The van der Waals surface area contributed by atoms with Crippen molar-refractivity contribution >= 4 is 5.82 Å². The van der Waals surface area contributed by atoms with Gasteiger partial charge in [0.25, 0.3) is 0 Å². The van der Waals surface area contributed by atoms with Gasteiger partial charge in [-0.05, 0) is 44.7 Å². The number of benzene rings is 1. The lowest BCUT2D eigenvalue weighted by Gasteiger charge is -2.39. The Bertz CT molecular complexity index is 658. The number of anilines is 1. The molecular weight excluding hydrogens is 286 g/mol. The van der Waals surface area contributed by atoms with Crippen LogP contribution in [0, 0.1) is 20.8 Å². The van der Waals surface area contributed by atoms with Crippen LogP contribution in [-0.2, 0) is 10.2 Å². The van der Waals surface area contributed by atoms with Crippen molar-refractivity contribution < 1.29 is 4.74 Å². The Labute approximate surface area is 138 Å². The number of hydrogen-bond acceptors (Lipinski definition) is 4. The van der Waals surface area contributed by atoms with E-state index in [-0.39, 0.29) is 5.41 Å². The maximum Gasteiger partial charge on any atom is 0.129 e. The second-order valence-electron chi connectivity index (χ2n) is 6.50. The van der Waals surface area contributed by atoms with Gasteiger partial charge in [-0.3, -0.25) is 0 Å². The standard InChI is InChI=1S/C19H25N3O/c1-14-6-4-5-7-17(14)19(8-10-23-11-9-19)13-20-18-12-15(2)21-16(3)22-18/h4-7,12H,8-11,13H2,1-3H3,(H,20,21,22). The molecule has 3 rings (SSSR count). The van der Waals surface area contributed by atoms with E-state index in [1.807, 2.05) is 19.9 Å². The third-order valence-electron chi connectivity index (χ3n) is 4.74. The Morgan fingerprint density at radius 1 is 1.09 bits per heavy atom. The highest BCUT2D eigenvalue weighted by molar-refractivity contribution is 5.40. The van der Waals surface area contributed by atoms with Crippen molar-refractivity contribution in [1.82, 2.24) is 9.97 Å². The summed E-state index contributed by atoms with van der Waals surface area (Å²) in [5, 5.41) is 3.56. The van der Waals surface area contributed by atoms with E-state index in [0.29, 0.717) is 0 Å². The normalized spacial score (nSPS) is 17.0. The van der Waals surface area contributed by atoms with Crippen LogP contribution < -0.4 is 5.32 Å². The summed E-state index contributed by atoms with van der Waals surface area (Å²) in [6.07, 6.45) is 2.07. The number of nitrogens with zero attached hydrogens (tertiary/aromatic N) is 2. The molecule has 1 aromatic heterocycles. The number of nitrogens with one attached hydrogen (secondary N) is 1. The van der Waals surface area contributed by atoms with Crippen LogP contribution in [0.1, 0.15) is 35.5 Å². The van der Waals surface area contributed by atoms with Gasteiger partial charge in [0, 0.05) is 36.9 Å². The molecule has 2 heterocycles. The van der Waals surface area contributed by atoms with Crippen molar-refractivity contribution in [1.29, 1.82) is 0 Å². The van der Waals surface area contributed by atoms with E-state index in [9.17, 15) is 0 Å². The van der Waals surface area contributed by atoms with Gasteiger partial charge in [-0.15, -0.1) is 0 Å². The van der Waals surface area contributed by atoms with Gasteiger partial charge in [-0.1, -0.05) is 24.3 Å². The molecule has 1 aromatic carbocycles. The number of aryl methyl sites for hydroxylation is 3. The fraction of sp³-hybridized carbons (Fsp3) is 0.474. The maximum atomic E-state index is 5.62. The highest BCUT2D eigenvalue weighted by atomic mass is 16.5. The average Bonchev–Trinajstić information content (AvgIpc) is 2.53. The molecule has 0 aliphatic carbocycles. The van der Waals surface area contributed by atoms with E-state index >= 15 is 0 Å². The lowest BCUT2D eigenvalue weighted by atomic mass is 9.72. The van der Waals surface area contributed by atoms with Crippen LogP contribution in [0.2, 0.25) is 0 Å². The second kappa shape index (κ2) is 6.67. The fourth-order valence-corrected chi connectivity index (χ4v) is 3.54. The molecule has 1 aliphatic heterocycles. The molecule has 0 radical (unpaired) electrons. The lowest BCUT2D eigenvalue weighted by molar-refractivity contribution is 0.0541. The molecular formula is C19H25N3O. The summed E-state index contributed by atoms with van der Waals surface area (Å²) < 4.78 is 5.62. The molecule has 2 aromatic rings. The quantitative estimate of drug-likeness (QED) is 0.938. The molecule has 1 aliphatic rings. The number of hydrogen-bond donors (Lipinski definition) is 1. The molecule has 23 heavy (non-hydrogen) atoms. The van der Waals surface area contributed by atoms with Gasteiger partial charge in [0.15, 0.2) is 0 Å². The van der Waals surface area contributed by atoms with Gasteiger partial charge in [-0.2, -0.15) is 0 Å². The number of rotatable bonds is 4. The second-order valence-corrected chi connectivity index (χ2v) is 6.50. The predicted molar refractivity (Wildman–Crippen MR) is 92.9 cm³/mol. The molecule has 0 unspecified atom stereocenters. The summed E-state index contributed by atoms with van der Waals surface area (Å²) in [4.78, 5) is 8.86. The molecule has 4 nitrogen and oxygen atoms in total. The summed E-state index contributed by atoms with van der Waals surface area (Å²) in [6, 6.07) is 10.7. The number of aromatic nitrogens is 2. The topological polar surface area (TPSA) is 47.0 Å². The Morgan fingerprint density at radius 2 is 1.83 bits per heavy atom. The van der Waals surface area contributed by atoms with Gasteiger partial charge in [-0.25, -0.2) is 9.97 Å². The van der Waals surface area contributed by atoms with Crippen molar-refractivity contribution in [3.05, 3.63) is 53.0 Å². The molecule has 4 heteroatoms. The van der Waals surface area contributed by atoms with Crippen LogP contribution in [0.5, 0.6) is 0 Å². The average molecular weight is 311 g/mol. The summed E-state index contributed by atoms with van der Waals surface area (Å²) in [5.74, 6) is 1.72. The zero-order valence-electron chi connectivity index (χ0n) is 14.2. The van der Waals surface area contributed by atoms with Crippen molar-refractivity contribution in [3.63, 3.8) is 0 Å². The van der Waals surface area contributed by atoms with Gasteiger partial charge >= 0.3 is 0 Å². The third kappa shape index (κ3) is 3.53. The van der Waals surface area contributed by atoms with E-state index in [2.05, 4.69) is 46.5 Å². The van der Waals surface area contributed by atoms with E-state index in [0.717, 1.165) is 49.9 Å². The zero-order valence-corrected chi connectivity index (χ0v) is 14.2. The highest BCUT2D eigenvalue weighted by Gasteiger charge is 2.35. The molecule has 1 saturated heterocycles. The van der Waals surface area contributed by atoms with Crippen LogP contribution in [0.3, 0.4) is 0 Å². The third-order valence-corrected chi connectivity index (χ3v) is 4.74. The Hall–Kier alpha value is -1.94. The summed E-state index contributed by atoms with van der Waals surface area (Å²) in [6.45, 7) is 8.65. The number of ether oxygens (including phenoxy) is 1. The Balaban J connectivity index is 1.86. The first-order valence-corrected chi connectivity index (χ1v) is 8.29. The fourth-order valence-electron chi connectivity index (χ4n) is 3.54. The first-order chi connectivity index (χ1) is 11.1. The molecule has 0 saturated carbocycles. The van der Waals surface area contributed by atoms with Gasteiger partial charge in [0.2, 0.25) is 0 Å². The van der Waals surface area contributed by atoms with E-state index in [1.54, 1.807) is 0 Å². The van der Waals surface area contributed by atoms with E-state index < -0.39 is 0 Å². The molecule has 0 spiro atoms. The largest absolute Gasteiger partial charge is 0.381 e. The maximum absolute atomic E-state index is 5.62. The predicted octanol–water partition coefficient (Wildman–Crippen LogP) is 3.56. The minimum atomic E-state index is 0.107. The van der Waals surface area contributed by atoms with Crippen molar-refractivity contribution in [2.75, 3.05) is 25.1 Å². The minimum Gasteiger partial charge on any atom is -0.381 e. The van der Waals surface area contributed by atoms with Gasteiger partial charge in [0.1, 0.15) is 11.6 Å². The molecule has 0 bridgehead atoms. The lowest BCUT2D eigenvalue weighted by Crippen LogP contribution is -2.40. The Morgan fingerprint density at radius 3 is 2.52 bits per heavy atom. The van der Waals surface area contributed by atoms with Crippen molar-refractivity contribution in [3.8, 4) is 0 Å². The monoisotopic (exact) mass is 311 g/mol. The Kier molecular flexibility index (Phi) is 4.62.